The predicted molar refractivity (Wildman–Crippen MR) is 279 cm³/mol. The van der Waals surface area contributed by atoms with Gasteiger partial charge < -0.3 is 15.0 Å². The molecule has 67 heavy (non-hydrogen) atoms. The Hall–Kier alpha value is -4.00. The third-order valence-corrected chi connectivity index (χ3v) is 15.0. The molecule has 0 saturated heterocycles. The van der Waals surface area contributed by atoms with E-state index in [0.29, 0.717) is 47.3 Å². The number of aliphatic imine (C=N–C) groups is 1. The zero-order chi connectivity index (χ0) is 49.9. The Bertz CT molecular complexity index is 1990. The fraction of sp³-hybridized carbons (Fsp3) is 0.754. The van der Waals surface area contributed by atoms with Crippen molar-refractivity contribution in [1.29, 1.82) is 5.26 Å². The van der Waals surface area contributed by atoms with Gasteiger partial charge in [0.25, 0.3) is 5.91 Å². The molecular weight excluding hydrogens is 831 g/mol. The number of hydrogen-bond donors (Lipinski definition) is 1. The molecule has 2 aromatic rings. The molecule has 5 atom stereocenters. The minimum Gasteiger partial charge on any atom is -0.458 e. The molecule has 1 saturated carbocycles. The van der Waals surface area contributed by atoms with Gasteiger partial charge in [0.2, 0.25) is 0 Å². The van der Waals surface area contributed by atoms with Gasteiger partial charge in [-0.1, -0.05) is 169 Å². The molecule has 2 aliphatic rings. The molecule has 10 nitrogen and oxygen atoms in total. The molecule has 1 aromatic heterocycles. The summed E-state index contributed by atoms with van der Waals surface area (Å²) in [5.74, 6) is 2.29. The summed E-state index contributed by atoms with van der Waals surface area (Å²) in [7, 11) is 0. The van der Waals surface area contributed by atoms with Gasteiger partial charge >= 0.3 is 5.97 Å². The molecule has 5 unspecified atom stereocenters. The smallest absolute Gasteiger partial charge is 0.343 e. The highest BCUT2D eigenvalue weighted by atomic mass is 16.5. The maximum absolute atomic E-state index is 15.0. The van der Waals surface area contributed by atoms with Gasteiger partial charge in [0.05, 0.1) is 11.3 Å². The number of carbonyl (C=O) groups is 2. The van der Waals surface area contributed by atoms with Crippen LogP contribution in [-0.2, 0) is 14.9 Å². The number of amides is 1. The molecule has 1 N–H and O–H groups in total. The topological polar surface area (TPSA) is 126 Å². The second-order valence-corrected chi connectivity index (χ2v) is 23.7. The number of fused-ring (bicyclic) bond motifs is 1. The first-order chi connectivity index (χ1) is 31.6. The summed E-state index contributed by atoms with van der Waals surface area (Å²) in [4.78, 5) is 42.4. The first-order valence-electron chi connectivity index (χ1n) is 26.7. The maximum Gasteiger partial charge on any atom is 0.343 e. The Labute approximate surface area is 408 Å². The number of hydrogen-bond acceptors (Lipinski definition) is 8. The van der Waals surface area contributed by atoms with Gasteiger partial charge in [0.1, 0.15) is 23.3 Å². The van der Waals surface area contributed by atoms with Crippen molar-refractivity contribution in [3.05, 3.63) is 41.0 Å². The Balaban J connectivity index is 1.96. The zero-order valence-electron chi connectivity index (χ0n) is 45.2. The van der Waals surface area contributed by atoms with Crippen molar-refractivity contribution in [3.8, 4) is 6.07 Å². The van der Waals surface area contributed by atoms with Crippen LogP contribution >= 0.6 is 0 Å². The summed E-state index contributed by atoms with van der Waals surface area (Å²) < 4.78 is 8.30. The summed E-state index contributed by atoms with van der Waals surface area (Å²) in [5, 5.41) is 19.3. The number of rotatable bonds is 23. The molecule has 0 spiro atoms. The van der Waals surface area contributed by atoms with Gasteiger partial charge in [-0.3, -0.25) is 4.79 Å². The van der Waals surface area contributed by atoms with Crippen LogP contribution in [0.15, 0.2) is 28.8 Å². The Morgan fingerprint density at radius 3 is 1.82 bits per heavy atom. The van der Waals surface area contributed by atoms with Crippen LogP contribution in [0.5, 0.6) is 0 Å². The maximum atomic E-state index is 15.0. The van der Waals surface area contributed by atoms with Crippen LogP contribution in [0.2, 0.25) is 0 Å². The van der Waals surface area contributed by atoms with Crippen LogP contribution < -0.4 is 10.2 Å². The average molecular weight is 924 g/mol. The number of allylic oxidation sites excluding steroid dienone is 1. The second-order valence-electron chi connectivity index (χ2n) is 23.7. The van der Waals surface area contributed by atoms with E-state index in [1.807, 2.05) is 32.9 Å². The van der Waals surface area contributed by atoms with Crippen molar-refractivity contribution >= 4 is 34.7 Å². The van der Waals surface area contributed by atoms with E-state index in [0.717, 1.165) is 70.1 Å². The number of nitrogens with one attached hydrogen (secondary N) is 1. The van der Waals surface area contributed by atoms with Gasteiger partial charge in [0, 0.05) is 42.6 Å². The van der Waals surface area contributed by atoms with Crippen molar-refractivity contribution < 1.29 is 14.3 Å². The summed E-state index contributed by atoms with van der Waals surface area (Å²) in [6.45, 7) is 37.7. The third kappa shape index (κ3) is 14.5. The lowest BCUT2D eigenvalue weighted by molar-refractivity contribution is -0.162. The average Bonchev–Trinajstić information content (AvgIpc) is 3.83. The monoisotopic (exact) mass is 924 g/mol. The van der Waals surface area contributed by atoms with Crippen LogP contribution in [0.3, 0.4) is 0 Å². The van der Waals surface area contributed by atoms with E-state index >= 15 is 0 Å². The molecule has 374 valence electrons. The van der Waals surface area contributed by atoms with Crippen molar-refractivity contribution in [2.24, 2.45) is 51.3 Å². The van der Waals surface area contributed by atoms with Crippen LogP contribution in [0.4, 0.5) is 11.4 Å². The number of benzene rings is 1. The number of esters is 1. The molecule has 0 radical (unpaired) electrons. The minimum absolute atomic E-state index is 0.0513. The Kier molecular flexibility index (Phi) is 20.3. The SMILES string of the molecule is CCCCC(CC)CNC(=O)c1cc(N(CC(CC)CCCC)CC(CC)CCCC)ccc1/N=C1\C(C#N)=C(C(=O)OC2C(C(C)(C)C)CC(C)CC2C(C)(C)C)c2nc(C(C)(C)C)nn21. The number of ether oxygens (including phenoxy) is 1. The number of carbonyl (C=O) groups excluding carboxylic acids is 2. The molecule has 4 rings (SSSR count). The summed E-state index contributed by atoms with van der Waals surface area (Å²) in [6, 6.07) is 8.40. The summed E-state index contributed by atoms with van der Waals surface area (Å²) in [6.07, 6.45) is 15.0. The van der Waals surface area contributed by atoms with E-state index in [4.69, 9.17) is 19.8 Å². The van der Waals surface area contributed by atoms with E-state index in [1.54, 1.807) is 4.68 Å². The Morgan fingerprint density at radius 1 is 0.836 bits per heavy atom. The fourth-order valence-corrected chi connectivity index (χ4v) is 10.4. The molecule has 2 heterocycles. The molecule has 1 aromatic carbocycles. The van der Waals surface area contributed by atoms with Crippen LogP contribution in [0, 0.1) is 57.7 Å². The van der Waals surface area contributed by atoms with Crippen molar-refractivity contribution in [1.82, 2.24) is 20.1 Å². The number of anilines is 1. The number of nitriles is 1. The molecule has 0 bridgehead atoms. The second kappa shape index (κ2) is 24.5. The molecular formula is C57H93N7O3. The lowest BCUT2D eigenvalue weighted by Gasteiger charge is -2.50. The van der Waals surface area contributed by atoms with Crippen molar-refractivity contribution in [2.75, 3.05) is 24.5 Å². The van der Waals surface area contributed by atoms with E-state index < -0.39 is 11.4 Å². The highest BCUT2D eigenvalue weighted by molar-refractivity contribution is 6.30. The van der Waals surface area contributed by atoms with Crippen LogP contribution in [-0.4, -0.2) is 58.2 Å². The van der Waals surface area contributed by atoms with E-state index in [1.165, 1.54) is 38.5 Å². The van der Waals surface area contributed by atoms with Crippen LogP contribution in [0.1, 0.15) is 223 Å². The first kappa shape index (κ1) is 55.6. The van der Waals surface area contributed by atoms with Gasteiger partial charge in [-0.05, 0) is 84.8 Å². The highest BCUT2D eigenvalue weighted by Gasteiger charge is 2.49. The third-order valence-electron chi connectivity index (χ3n) is 15.0. The number of aromatic nitrogens is 3. The van der Waals surface area contributed by atoms with E-state index in [9.17, 15) is 14.9 Å². The van der Waals surface area contributed by atoms with Crippen LogP contribution in [0.25, 0.3) is 5.57 Å². The predicted octanol–water partition coefficient (Wildman–Crippen LogP) is 14.3. The summed E-state index contributed by atoms with van der Waals surface area (Å²) in [5.41, 5.74) is 1.27. The van der Waals surface area contributed by atoms with Gasteiger partial charge in [-0.2, -0.15) is 9.94 Å². The highest BCUT2D eigenvalue weighted by Crippen LogP contribution is 2.50. The molecule has 10 heteroatoms. The normalized spacial score (nSPS) is 20.9. The zero-order valence-corrected chi connectivity index (χ0v) is 45.2. The largest absolute Gasteiger partial charge is 0.458 e. The van der Waals surface area contributed by atoms with Crippen molar-refractivity contribution in [3.63, 3.8) is 0 Å². The van der Waals surface area contributed by atoms with E-state index in [-0.39, 0.29) is 57.5 Å². The summed E-state index contributed by atoms with van der Waals surface area (Å²) >= 11 is 0. The number of unbranched alkanes of at least 4 members (excludes halogenated alkanes) is 3. The quantitative estimate of drug-likeness (QED) is 0.110. The fourth-order valence-electron chi connectivity index (χ4n) is 10.4. The molecule has 1 aliphatic carbocycles. The molecule has 1 amide bonds. The number of nitrogens with zero attached hydrogens (tertiary/aromatic N) is 6. The van der Waals surface area contributed by atoms with E-state index in [2.05, 4.69) is 112 Å². The molecule has 1 aliphatic heterocycles. The first-order valence-corrected chi connectivity index (χ1v) is 26.7. The van der Waals surface area contributed by atoms with Crippen molar-refractivity contribution in [2.45, 2.75) is 212 Å². The lowest BCUT2D eigenvalue weighted by Crippen LogP contribution is -2.49. The minimum atomic E-state index is -0.581. The van der Waals surface area contributed by atoms with Gasteiger partial charge in [0.15, 0.2) is 17.5 Å². The molecule has 1 fully saturated rings. The van der Waals surface area contributed by atoms with Gasteiger partial charge in [-0.15, -0.1) is 5.10 Å². The van der Waals surface area contributed by atoms with Gasteiger partial charge in [-0.25, -0.2) is 14.8 Å². The lowest BCUT2D eigenvalue weighted by atomic mass is 9.59. The Morgan fingerprint density at radius 2 is 1.36 bits per heavy atom. The standard InChI is InChI=1S/C57H93N7O3/c1-17-23-26-39(20-4)35-59-52(65)43-33-42(63(36-40(21-5)27-24-18-2)37-41(22-6)28-25-19-3)29-30-47(43)60-50-44(34-58)48(51-61-54(57(14,15)16)62-64(50)51)53(66)67-49-45(55(8,9)10)31-38(7)32-46(49)56(11,12)13/h29-30,33,38-41,45-46,49H,17-28,31-32,35-37H2,1-16H3,(H,59,65)/b60-50+.